The van der Waals surface area contributed by atoms with Crippen molar-refractivity contribution in [2.45, 2.75) is 0 Å². The average Bonchev–Trinajstić information content (AvgIpc) is 2.68. The van der Waals surface area contributed by atoms with Gasteiger partial charge >= 0.3 is 7.60 Å². The van der Waals surface area contributed by atoms with Crippen LogP contribution in [0.5, 0.6) is 0 Å². The molecule has 12 heteroatoms. The Balaban J connectivity index is 0.00000180. The van der Waals surface area contributed by atoms with E-state index in [4.69, 9.17) is 20.4 Å². The van der Waals surface area contributed by atoms with Crippen LogP contribution in [0.4, 0.5) is 5.82 Å². The van der Waals surface area contributed by atoms with Crippen LogP contribution in [0.25, 0.3) is 11.2 Å². The molecule has 0 unspecified atom stereocenters. The number of hydrogen-bond donors (Lipinski definition) is 4. The lowest BCUT2D eigenvalue weighted by Crippen LogP contribution is -2.15. The normalized spacial score (nSPS) is 11.3. The molecule has 0 saturated carbocycles. The standard InChI is InChI=1S/C7H10N5O5P.H3N/c8-6-5-7(10-1-9-6)12(2-11-5)17-3-16-4-18(13,14)15;/h1-2H,3-4H2,(H2,8,9,10)(H2,13,14,15);1H3. The van der Waals surface area contributed by atoms with Gasteiger partial charge in [0.2, 0.25) is 12.4 Å². The molecule has 0 spiro atoms. The molecule has 0 aliphatic rings. The number of ether oxygens (including phenoxy) is 1. The van der Waals surface area contributed by atoms with Crippen molar-refractivity contribution in [1.29, 1.82) is 0 Å². The lowest BCUT2D eigenvalue weighted by molar-refractivity contribution is -0.0452. The Morgan fingerprint density at radius 2 is 2.11 bits per heavy atom. The zero-order valence-electron chi connectivity index (χ0n) is 9.71. The molecule has 0 aromatic carbocycles. The summed E-state index contributed by atoms with van der Waals surface area (Å²) in [4.78, 5) is 33.7. The van der Waals surface area contributed by atoms with Crippen LogP contribution in [0.3, 0.4) is 0 Å². The molecule has 2 aromatic heterocycles. The maximum atomic E-state index is 10.5. The molecular formula is C7H13N6O5P. The third-order valence-corrected chi connectivity index (χ3v) is 2.39. The SMILES string of the molecule is N.Nc1ncnc2c1ncn2OCOCP(=O)(O)O. The predicted molar refractivity (Wildman–Crippen MR) is 64.2 cm³/mol. The van der Waals surface area contributed by atoms with Crippen LogP contribution < -0.4 is 16.7 Å². The number of fused-ring (bicyclic) bond motifs is 1. The van der Waals surface area contributed by atoms with Gasteiger partial charge in [0, 0.05) is 0 Å². The summed E-state index contributed by atoms with van der Waals surface area (Å²) in [6.45, 7) is -0.361. The van der Waals surface area contributed by atoms with Gasteiger partial charge in [-0.3, -0.25) is 4.57 Å². The molecule has 0 amide bonds. The van der Waals surface area contributed by atoms with Crippen molar-refractivity contribution >= 4 is 24.6 Å². The van der Waals surface area contributed by atoms with Gasteiger partial charge in [-0.15, -0.1) is 4.73 Å². The fourth-order valence-electron chi connectivity index (χ4n) is 1.18. The third-order valence-electron chi connectivity index (χ3n) is 1.87. The van der Waals surface area contributed by atoms with Crippen LogP contribution in [0.15, 0.2) is 12.7 Å². The van der Waals surface area contributed by atoms with Crippen molar-refractivity contribution in [3.05, 3.63) is 12.7 Å². The number of nitrogen functional groups attached to an aromatic ring is 1. The van der Waals surface area contributed by atoms with Gasteiger partial charge in [-0.1, -0.05) is 0 Å². The van der Waals surface area contributed by atoms with Gasteiger partial charge < -0.3 is 31.2 Å². The zero-order chi connectivity index (χ0) is 13.2. The molecule has 106 valence electrons. The van der Waals surface area contributed by atoms with Crippen LogP contribution in [-0.2, 0) is 9.30 Å². The van der Waals surface area contributed by atoms with Gasteiger partial charge in [0.05, 0.1) is 0 Å². The topological polar surface area (TPSA) is 181 Å². The fourth-order valence-corrected chi connectivity index (χ4v) is 1.49. The Hall–Kier alpha value is -1.78. The minimum absolute atomic E-state index is 0. The monoisotopic (exact) mass is 292 g/mol. The summed E-state index contributed by atoms with van der Waals surface area (Å²) in [5.74, 6) is 0.207. The first-order valence-electron chi connectivity index (χ1n) is 4.66. The molecule has 19 heavy (non-hydrogen) atoms. The Bertz CT molecular complexity index is 597. The summed E-state index contributed by atoms with van der Waals surface area (Å²) in [5, 5.41) is 0. The smallest absolute Gasteiger partial charge is 0.351 e. The van der Waals surface area contributed by atoms with E-state index in [-0.39, 0.29) is 18.8 Å². The highest BCUT2D eigenvalue weighted by atomic mass is 31.2. The molecule has 0 fully saturated rings. The number of nitrogens with zero attached hydrogens (tertiary/aromatic N) is 4. The van der Waals surface area contributed by atoms with Crippen molar-refractivity contribution in [2.24, 2.45) is 0 Å². The third kappa shape index (κ3) is 3.84. The van der Waals surface area contributed by atoms with Crippen LogP contribution in [0.1, 0.15) is 0 Å². The van der Waals surface area contributed by atoms with E-state index in [1.165, 1.54) is 17.4 Å². The molecule has 7 N–H and O–H groups in total. The Labute approximate surface area is 107 Å². The quantitative estimate of drug-likeness (QED) is 0.306. The zero-order valence-corrected chi connectivity index (χ0v) is 10.6. The van der Waals surface area contributed by atoms with E-state index >= 15 is 0 Å². The van der Waals surface area contributed by atoms with Crippen molar-refractivity contribution < 1.29 is 23.9 Å². The molecule has 2 rings (SSSR count). The van der Waals surface area contributed by atoms with E-state index in [2.05, 4.69) is 19.7 Å². The summed E-state index contributed by atoms with van der Waals surface area (Å²) in [7, 11) is -4.20. The molecule has 0 radical (unpaired) electrons. The number of nitrogens with two attached hydrogens (primary N) is 1. The van der Waals surface area contributed by atoms with E-state index in [9.17, 15) is 4.57 Å². The summed E-state index contributed by atoms with van der Waals surface area (Å²) in [5.41, 5.74) is 6.27. The fraction of sp³-hybridized carbons (Fsp3) is 0.286. The maximum Gasteiger partial charge on any atom is 0.351 e. The highest BCUT2D eigenvalue weighted by molar-refractivity contribution is 7.51. The highest BCUT2D eigenvalue weighted by Gasteiger charge is 2.13. The molecule has 0 aliphatic heterocycles. The van der Waals surface area contributed by atoms with Crippen LogP contribution in [-0.4, -0.2) is 42.6 Å². The Morgan fingerprint density at radius 3 is 2.79 bits per heavy atom. The minimum atomic E-state index is -4.20. The summed E-state index contributed by atoms with van der Waals surface area (Å²) < 4.78 is 16.3. The van der Waals surface area contributed by atoms with Gasteiger partial charge in [0.25, 0.3) is 0 Å². The van der Waals surface area contributed by atoms with E-state index in [0.717, 1.165) is 0 Å². The lowest BCUT2D eigenvalue weighted by Gasteiger charge is -2.08. The van der Waals surface area contributed by atoms with Crippen LogP contribution >= 0.6 is 7.60 Å². The highest BCUT2D eigenvalue weighted by Crippen LogP contribution is 2.33. The first-order chi connectivity index (χ1) is 8.47. The second kappa shape index (κ2) is 5.91. The predicted octanol–water partition coefficient (Wildman–Crippen LogP) is -0.892. The maximum absolute atomic E-state index is 10.5. The molecule has 0 aliphatic carbocycles. The summed E-state index contributed by atoms with van der Waals surface area (Å²) in [6, 6.07) is 0. The van der Waals surface area contributed by atoms with Gasteiger partial charge in [0.1, 0.15) is 12.7 Å². The largest absolute Gasteiger partial charge is 0.382 e. The molecule has 2 aromatic rings. The second-order valence-electron chi connectivity index (χ2n) is 3.25. The van der Waals surface area contributed by atoms with E-state index in [0.29, 0.717) is 11.2 Å². The van der Waals surface area contributed by atoms with E-state index < -0.39 is 13.9 Å². The number of hydrogen-bond acceptors (Lipinski definition) is 8. The van der Waals surface area contributed by atoms with Crippen molar-refractivity contribution in [3.8, 4) is 0 Å². The van der Waals surface area contributed by atoms with Crippen molar-refractivity contribution in [2.75, 3.05) is 18.9 Å². The molecule has 0 saturated heterocycles. The lowest BCUT2D eigenvalue weighted by atomic mass is 10.5. The first kappa shape index (κ1) is 15.3. The molecule has 0 atom stereocenters. The number of anilines is 1. The van der Waals surface area contributed by atoms with Crippen LogP contribution in [0.2, 0.25) is 0 Å². The number of rotatable bonds is 5. The Kier molecular flexibility index (Phi) is 4.75. The van der Waals surface area contributed by atoms with E-state index in [1.807, 2.05) is 0 Å². The Morgan fingerprint density at radius 1 is 1.37 bits per heavy atom. The first-order valence-corrected chi connectivity index (χ1v) is 6.46. The van der Waals surface area contributed by atoms with Crippen LogP contribution in [0, 0.1) is 0 Å². The van der Waals surface area contributed by atoms with Gasteiger partial charge in [-0.05, 0) is 0 Å². The second-order valence-corrected chi connectivity index (χ2v) is 4.83. The van der Waals surface area contributed by atoms with Crippen molar-refractivity contribution in [1.82, 2.24) is 25.8 Å². The van der Waals surface area contributed by atoms with Gasteiger partial charge in [-0.2, -0.15) is 0 Å². The minimum Gasteiger partial charge on any atom is -0.382 e. The van der Waals surface area contributed by atoms with E-state index in [1.54, 1.807) is 0 Å². The molecule has 11 nitrogen and oxygen atoms in total. The summed E-state index contributed by atoms with van der Waals surface area (Å²) >= 11 is 0. The average molecular weight is 292 g/mol. The number of aromatic nitrogens is 4. The summed E-state index contributed by atoms with van der Waals surface area (Å²) in [6.07, 6.45) is 1.82. The number of imidazole rings is 1. The van der Waals surface area contributed by atoms with Gasteiger partial charge in [-0.25, -0.2) is 15.0 Å². The molecule has 0 bridgehead atoms. The van der Waals surface area contributed by atoms with Crippen molar-refractivity contribution in [3.63, 3.8) is 0 Å². The molecular weight excluding hydrogens is 279 g/mol. The van der Waals surface area contributed by atoms with Gasteiger partial charge in [0.15, 0.2) is 17.7 Å². The molecule has 2 heterocycles.